The van der Waals surface area contributed by atoms with E-state index in [9.17, 15) is 26.4 Å². The van der Waals surface area contributed by atoms with Gasteiger partial charge in [-0.05, 0) is 25.5 Å². The van der Waals surface area contributed by atoms with Crippen LogP contribution in [0.1, 0.15) is 32.3 Å². The Kier molecular flexibility index (Phi) is 5.81. The Morgan fingerprint density at radius 2 is 1.83 bits per heavy atom. The van der Waals surface area contributed by atoms with E-state index < -0.39 is 38.2 Å². The fourth-order valence-electron chi connectivity index (χ4n) is 2.21. The third-order valence-corrected chi connectivity index (χ3v) is 4.88. The number of rotatable bonds is 6. The topological polar surface area (TPSA) is 72.5 Å². The fourth-order valence-corrected chi connectivity index (χ4v) is 3.83. The molecule has 1 rings (SSSR count). The van der Waals surface area contributed by atoms with Gasteiger partial charge in [0.15, 0.2) is 0 Å². The molecule has 9 heteroatoms. The summed E-state index contributed by atoms with van der Waals surface area (Å²) in [6.07, 6.45) is -4.33. The molecule has 1 unspecified atom stereocenters. The minimum absolute atomic E-state index is 0.0765. The number of carbonyl (C=O) groups is 1. The van der Waals surface area contributed by atoms with Gasteiger partial charge in [0.2, 0.25) is 10.0 Å². The molecule has 0 heterocycles. The van der Waals surface area contributed by atoms with Crippen molar-refractivity contribution in [2.75, 3.05) is 7.11 Å². The number of alkyl halides is 3. The first kappa shape index (κ1) is 19.4. The molecule has 1 N–H and O–H groups in total. The van der Waals surface area contributed by atoms with Crippen molar-refractivity contribution < 1.29 is 31.1 Å². The average molecular weight is 353 g/mol. The monoisotopic (exact) mass is 353 g/mol. The fraction of sp³-hybridized carbons (Fsp3) is 0.500. The second-order valence-corrected chi connectivity index (χ2v) is 6.82. The van der Waals surface area contributed by atoms with Gasteiger partial charge in [0.25, 0.3) is 0 Å². The second-order valence-electron chi connectivity index (χ2n) is 5.17. The summed E-state index contributed by atoms with van der Waals surface area (Å²) in [5.41, 5.74) is -2.95. The summed E-state index contributed by atoms with van der Waals surface area (Å²) in [4.78, 5) is 10.9. The third-order valence-electron chi connectivity index (χ3n) is 3.23. The quantitative estimate of drug-likeness (QED) is 0.798. The minimum Gasteiger partial charge on any atom is -0.468 e. The Hall–Kier alpha value is -1.61. The number of nitrogens with one attached hydrogen (secondary N) is 1. The first-order chi connectivity index (χ1) is 10.5. The minimum atomic E-state index is -4.84. The Bertz CT molecular complexity index is 673. The van der Waals surface area contributed by atoms with Crippen molar-refractivity contribution >= 4 is 16.0 Å². The van der Waals surface area contributed by atoms with E-state index in [2.05, 4.69) is 4.74 Å². The van der Waals surface area contributed by atoms with Crippen LogP contribution in [-0.4, -0.2) is 27.0 Å². The Balaban J connectivity index is 3.35. The Labute approximate surface area is 132 Å². The molecule has 0 aromatic heterocycles. The number of esters is 1. The van der Waals surface area contributed by atoms with Crippen LogP contribution in [0.4, 0.5) is 13.2 Å². The highest BCUT2D eigenvalue weighted by atomic mass is 32.2. The van der Waals surface area contributed by atoms with Crippen molar-refractivity contribution in [2.24, 2.45) is 0 Å². The van der Waals surface area contributed by atoms with Gasteiger partial charge in [-0.2, -0.15) is 17.9 Å². The largest absolute Gasteiger partial charge is 0.468 e. The van der Waals surface area contributed by atoms with Crippen molar-refractivity contribution in [2.45, 2.75) is 43.3 Å². The molecule has 0 radical (unpaired) electrons. The van der Waals surface area contributed by atoms with Crippen molar-refractivity contribution in [3.63, 3.8) is 0 Å². The highest BCUT2D eigenvalue weighted by Crippen LogP contribution is 2.34. The number of hydrogen-bond donors (Lipinski definition) is 1. The number of sulfonamides is 1. The first-order valence-corrected chi connectivity index (χ1v) is 8.25. The van der Waals surface area contributed by atoms with Gasteiger partial charge in [-0.25, -0.2) is 8.42 Å². The molecule has 1 atom stereocenters. The van der Waals surface area contributed by atoms with E-state index in [0.29, 0.717) is 12.5 Å². The maximum Gasteiger partial charge on any atom is 0.417 e. The third kappa shape index (κ3) is 4.44. The van der Waals surface area contributed by atoms with E-state index in [-0.39, 0.29) is 6.42 Å². The molecule has 1 aromatic carbocycles. The number of ether oxygens (including phenoxy) is 1. The molecule has 0 aliphatic rings. The van der Waals surface area contributed by atoms with Gasteiger partial charge >= 0.3 is 12.1 Å². The molecule has 0 spiro atoms. The Morgan fingerprint density at radius 1 is 1.26 bits per heavy atom. The zero-order valence-electron chi connectivity index (χ0n) is 12.9. The number of methoxy groups -OCH3 is 1. The van der Waals surface area contributed by atoms with Crippen LogP contribution in [0.2, 0.25) is 0 Å². The molecule has 1 aromatic rings. The molecule has 0 amide bonds. The molecule has 0 saturated heterocycles. The molecule has 0 bridgehead atoms. The van der Waals surface area contributed by atoms with Gasteiger partial charge in [-0.3, -0.25) is 4.79 Å². The molecule has 5 nitrogen and oxygen atoms in total. The van der Waals surface area contributed by atoms with Crippen molar-refractivity contribution in [3.05, 3.63) is 29.8 Å². The van der Waals surface area contributed by atoms with E-state index in [4.69, 9.17) is 0 Å². The van der Waals surface area contributed by atoms with Crippen LogP contribution in [0.5, 0.6) is 0 Å². The first-order valence-electron chi connectivity index (χ1n) is 6.76. The maximum absolute atomic E-state index is 13.0. The van der Waals surface area contributed by atoms with E-state index in [1.165, 1.54) is 13.0 Å². The second kappa shape index (κ2) is 6.88. The van der Waals surface area contributed by atoms with E-state index in [1.807, 2.05) is 4.72 Å². The highest BCUT2D eigenvalue weighted by molar-refractivity contribution is 7.89. The van der Waals surface area contributed by atoms with E-state index in [1.54, 1.807) is 6.92 Å². The maximum atomic E-state index is 13.0. The molecule has 23 heavy (non-hydrogen) atoms. The summed E-state index contributed by atoms with van der Waals surface area (Å²) in [5, 5.41) is 0. The SMILES string of the molecule is CCCC(C)(NS(=O)(=O)c1ccccc1C(F)(F)F)C(=O)OC. The summed E-state index contributed by atoms with van der Waals surface area (Å²) in [5.74, 6) is -0.868. The number of hydrogen-bond acceptors (Lipinski definition) is 4. The van der Waals surface area contributed by atoms with Gasteiger partial charge in [-0.1, -0.05) is 25.5 Å². The van der Waals surface area contributed by atoms with Gasteiger partial charge in [-0.15, -0.1) is 0 Å². The van der Waals surface area contributed by atoms with Gasteiger partial charge in [0, 0.05) is 0 Å². The summed E-state index contributed by atoms with van der Waals surface area (Å²) in [6, 6.07) is 3.78. The van der Waals surface area contributed by atoms with Crippen LogP contribution in [0, 0.1) is 0 Å². The van der Waals surface area contributed by atoms with Crippen molar-refractivity contribution in [1.82, 2.24) is 4.72 Å². The molecule has 0 aliphatic heterocycles. The predicted molar refractivity (Wildman–Crippen MR) is 77.1 cm³/mol. The lowest BCUT2D eigenvalue weighted by Crippen LogP contribution is -2.52. The Morgan fingerprint density at radius 3 is 2.30 bits per heavy atom. The summed E-state index contributed by atoms with van der Waals surface area (Å²) >= 11 is 0. The van der Waals surface area contributed by atoms with Crippen LogP contribution in [-0.2, 0) is 25.7 Å². The molecule has 0 fully saturated rings. The molecular weight excluding hydrogens is 335 g/mol. The van der Waals surface area contributed by atoms with Gasteiger partial charge < -0.3 is 4.74 Å². The lowest BCUT2D eigenvalue weighted by Gasteiger charge is -2.27. The normalized spacial score (nSPS) is 15.0. The molecule has 0 saturated carbocycles. The molecular formula is C14H18F3NO4S. The van der Waals surface area contributed by atoms with Crippen molar-refractivity contribution in [1.29, 1.82) is 0 Å². The number of benzene rings is 1. The number of halogens is 3. The van der Waals surface area contributed by atoms with Gasteiger partial charge in [0.1, 0.15) is 5.54 Å². The van der Waals surface area contributed by atoms with Gasteiger partial charge in [0.05, 0.1) is 17.6 Å². The predicted octanol–water partition coefficient (Wildman–Crippen LogP) is 2.72. The van der Waals surface area contributed by atoms with Crippen LogP contribution >= 0.6 is 0 Å². The summed E-state index contributed by atoms with van der Waals surface area (Å²) < 4.78 is 70.4. The lowest BCUT2D eigenvalue weighted by atomic mass is 9.98. The summed E-state index contributed by atoms with van der Waals surface area (Å²) in [7, 11) is -3.50. The van der Waals surface area contributed by atoms with Crippen LogP contribution < -0.4 is 4.72 Å². The molecule has 130 valence electrons. The van der Waals surface area contributed by atoms with Crippen LogP contribution in [0.25, 0.3) is 0 Å². The highest BCUT2D eigenvalue weighted by Gasteiger charge is 2.42. The smallest absolute Gasteiger partial charge is 0.417 e. The summed E-state index contributed by atoms with van der Waals surface area (Å²) in [6.45, 7) is 2.98. The zero-order chi connectivity index (χ0) is 17.9. The standard InChI is InChI=1S/C14H18F3NO4S/c1-4-9-13(2,12(19)22-3)18-23(20,21)11-8-6-5-7-10(11)14(15,16)17/h5-8,18H,4,9H2,1-3H3. The number of carbonyl (C=O) groups excluding carboxylic acids is 1. The average Bonchev–Trinajstić information content (AvgIpc) is 2.45. The van der Waals surface area contributed by atoms with E-state index >= 15 is 0 Å². The van der Waals surface area contributed by atoms with E-state index in [0.717, 1.165) is 19.2 Å². The molecule has 0 aliphatic carbocycles. The van der Waals surface area contributed by atoms with Crippen LogP contribution in [0.15, 0.2) is 29.2 Å². The lowest BCUT2D eigenvalue weighted by molar-refractivity contribution is -0.147. The zero-order valence-corrected chi connectivity index (χ0v) is 13.7. The van der Waals surface area contributed by atoms with Crippen molar-refractivity contribution in [3.8, 4) is 0 Å². The van der Waals surface area contributed by atoms with Crippen LogP contribution in [0.3, 0.4) is 0 Å².